The van der Waals surface area contributed by atoms with E-state index in [2.05, 4.69) is 0 Å². The molecule has 0 saturated carbocycles. The molecule has 1 heterocycles. The maximum absolute atomic E-state index is 14.5. The Morgan fingerprint density at radius 2 is 1.50 bits per heavy atom. The van der Waals surface area contributed by atoms with Crippen LogP contribution >= 0.6 is 11.6 Å². The number of hydrogen-bond donors (Lipinski definition) is 2. The first kappa shape index (κ1) is 25.5. The Bertz CT molecular complexity index is 1540. The molecule has 0 saturated heterocycles. The van der Waals surface area contributed by atoms with Crippen LogP contribution in [0.1, 0.15) is 34.3 Å². The third-order valence-electron chi connectivity index (χ3n) is 6.70. The van der Waals surface area contributed by atoms with Gasteiger partial charge in [-0.1, -0.05) is 48.9 Å². The quantitative estimate of drug-likeness (QED) is 0.368. The molecule has 0 radical (unpaired) electrons. The molecule has 0 amide bonds. The lowest BCUT2D eigenvalue weighted by Crippen LogP contribution is -2.46. The molecule has 188 valence electrons. The number of aromatic carboxylic acids is 1. The van der Waals surface area contributed by atoms with E-state index in [-0.39, 0.29) is 21.7 Å². The molecule has 2 N–H and O–H groups in total. The molecule has 0 aliphatic rings. The summed E-state index contributed by atoms with van der Waals surface area (Å²) in [7, 11) is 2.96. The van der Waals surface area contributed by atoms with Crippen LogP contribution in [-0.4, -0.2) is 31.5 Å². The highest BCUT2D eigenvalue weighted by atomic mass is 35.5. The molecule has 6 nitrogen and oxygen atoms in total. The van der Waals surface area contributed by atoms with E-state index >= 15 is 0 Å². The van der Waals surface area contributed by atoms with Crippen molar-refractivity contribution < 1.29 is 28.2 Å². The van der Waals surface area contributed by atoms with Crippen LogP contribution in [0, 0.1) is 0 Å². The van der Waals surface area contributed by atoms with Gasteiger partial charge in [-0.25, -0.2) is 9.59 Å². The van der Waals surface area contributed by atoms with E-state index in [1.807, 2.05) is 0 Å². The number of benzene rings is 3. The van der Waals surface area contributed by atoms with Gasteiger partial charge in [0.15, 0.2) is 5.60 Å². The summed E-state index contributed by atoms with van der Waals surface area (Å²) in [5.74, 6) is -2.59. The Kier molecular flexibility index (Phi) is 6.26. The number of carboxylic acid groups (broad SMARTS) is 1. The molecular weight excluding hydrogens is 497 g/mol. The lowest BCUT2D eigenvalue weighted by Gasteiger charge is -2.37. The number of nitrogens with zero attached hydrogens (tertiary/aromatic N) is 2. The van der Waals surface area contributed by atoms with E-state index in [0.717, 1.165) is 6.07 Å². The predicted octanol–water partition coefficient (Wildman–Crippen LogP) is 5.45. The molecule has 0 bridgehead atoms. The monoisotopic (exact) mass is 518 g/mol. The minimum absolute atomic E-state index is 0.0122. The topological polar surface area (TPSA) is 84.5 Å². The Morgan fingerprint density at radius 1 is 0.917 bits per heavy atom. The number of aromatic nitrogens is 2. The summed E-state index contributed by atoms with van der Waals surface area (Å²) >= 11 is 6.42. The number of halogens is 4. The first-order valence-corrected chi connectivity index (χ1v) is 11.2. The van der Waals surface area contributed by atoms with Crippen LogP contribution in [0.2, 0.25) is 5.02 Å². The summed E-state index contributed by atoms with van der Waals surface area (Å²) in [5, 5.41) is 20.3. The van der Waals surface area contributed by atoms with Gasteiger partial charge in [-0.05, 0) is 52.6 Å². The van der Waals surface area contributed by atoms with Crippen molar-refractivity contribution in [1.29, 1.82) is 0 Å². The maximum atomic E-state index is 14.5. The molecule has 0 aliphatic heterocycles. The zero-order chi connectivity index (χ0) is 26.6. The van der Waals surface area contributed by atoms with Gasteiger partial charge in [0.1, 0.15) is 0 Å². The Labute approximate surface area is 208 Å². The Morgan fingerprint density at radius 3 is 2.06 bits per heavy atom. The van der Waals surface area contributed by atoms with Gasteiger partial charge in [-0.3, -0.25) is 9.13 Å². The van der Waals surface area contributed by atoms with Crippen molar-refractivity contribution in [3.63, 3.8) is 0 Å². The number of carboxylic acids is 1. The third kappa shape index (κ3) is 3.98. The average Bonchev–Trinajstić information content (AvgIpc) is 3.05. The molecule has 4 aromatic rings. The van der Waals surface area contributed by atoms with Crippen molar-refractivity contribution in [2.45, 2.75) is 24.6 Å². The van der Waals surface area contributed by atoms with Crippen LogP contribution in [0.3, 0.4) is 0 Å². The van der Waals surface area contributed by atoms with Crippen LogP contribution in [0.25, 0.3) is 22.2 Å². The molecular formula is C26H22ClF3N2O4. The van der Waals surface area contributed by atoms with Gasteiger partial charge in [-0.15, -0.1) is 0 Å². The zero-order valence-electron chi connectivity index (χ0n) is 19.5. The maximum Gasteiger partial charge on any atom is 0.422 e. The van der Waals surface area contributed by atoms with Crippen molar-refractivity contribution in [3.05, 3.63) is 92.9 Å². The average molecular weight is 519 g/mol. The summed E-state index contributed by atoms with van der Waals surface area (Å²) in [6, 6.07) is 14.1. The van der Waals surface area contributed by atoms with Gasteiger partial charge < -0.3 is 10.2 Å². The van der Waals surface area contributed by atoms with Crippen molar-refractivity contribution in [1.82, 2.24) is 9.13 Å². The molecule has 0 aliphatic carbocycles. The van der Waals surface area contributed by atoms with Crippen molar-refractivity contribution in [3.8, 4) is 11.1 Å². The normalized spacial score (nSPS) is 14.6. The third-order valence-corrected chi connectivity index (χ3v) is 7.03. The summed E-state index contributed by atoms with van der Waals surface area (Å²) in [4.78, 5) is 23.3. The van der Waals surface area contributed by atoms with E-state index in [1.165, 1.54) is 66.6 Å². The number of aliphatic hydroxyl groups is 1. The summed E-state index contributed by atoms with van der Waals surface area (Å²) in [6.45, 7) is 1.24. The highest BCUT2D eigenvalue weighted by Crippen LogP contribution is 2.50. The molecule has 3 aromatic carbocycles. The summed E-state index contributed by atoms with van der Waals surface area (Å²) < 4.78 is 46.0. The molecule has 10 heteroatoms. The summed E-state index contributed by atoms with van der Waals surface area (Å²) in [6.07, 6.45) is -5.07. The highest BCUT2D eigenvalue weighted by molar-refractivity contribution is 6.31. The van der Waals surface area contributed by atoms with Crippen LogP contribution in [-0.2, 0) is 19.7 Å². The van der Waals surface area contributed by atoms with Gasteiger partial charge in [0.05, 0.1) is 16.6 Å². The minimum atomic E-state index is -5.07. The molecule has 0 unspecified atom stereocenters. The number of rotatable bonds is 5. The Balaban J connectivity index is 1.80. The van der Waals surface area contributed by atoms with Crippen molar-refractivity contribution in [2.75, 3.05) is 0 Å². The number of fused-ring (bicyclic) bond motifs is 1. The molecule has 0 spiro atoms. The number of alkyl halides is 3. The number of carbonyl (C=O) groups is 1. The number of aryl methyl sites for hydroxylation is 2. The molecule has 1 aromatic heterocycles. The molecule has 2 atom stereocenters. The van der Waals surface area contributed by atoms with Gasteiger partial charge in [0, 0.05) is 25.0 Å². The van der Waals surface area contributed by atoms with Crippen molar-refractivity contribution >= 4 is 28.6 Å². The van der Waals surface area contributed by atoms with E-state index in [4.69, 9.17) is 16.7 Å². The van der Waals surface area contributed by atoms with Crippen LogP contribution in [0.4, 0.5) is 13.2 Å². The van der Waals surface area contributed by atoms with Gasteiger partial charge in [-0.2, -0.15) is 13.2 Å². The predicted molar refractivity (Wildman–Crippen MR) is 130 cm³/mol. The van der Waals surface area contributed by atoms with Crippen LogP contribution in [0.5, 0.6) is 0 Å². The molecule has 0 fully saturated rings. The first-order valence-electron chi connectivity index (χ1n) is 10.9. The fraction of sp³-hybridized carbons (Fsp3) is 0.231. The number of imidazole rings is 1. The lowest BCUT2D eigenvalue weighted by molar-refractivity contribution is -0.274. The van der Waals surface area contributed by atoms with Gasteiger partial charge in [0.2, 0.25) is 0 Å². The van der Waals surface area contributed by atoms with Crippen molar-refractivity contribution in [2.24, 2.45) is 14.1 Å². The first-order chi connectivity index (χ1) is 16.8. The molecule has 36 heavy (non-hydrogen) atoms. The highest BCUT2D eigenvalue weighted by Gasteiger charge is 2.59. The standard InChI is InChI=1S/C26H22ClF3N2O4/c1-14(19-10-8-17(12-20(19)27)15-4-6-16(7-5-15)23(33)34)25(36,26(28,29)30)18-9-11-21-22(13-18)32(3)24(35)31(21)2/h4-14,36H,1-3H3,(H,33,34)/t14-,25-/m1/s1. The lowest BCUT2D eigenvalue weighted by atomic mass is 9.77. The fourth-order valence-corrected chi connectivity index (χ4v) is 4.84. The fourth-order valence-electron chi connectivity index (χ4n) is 4.49. The summed E-state index contributed by atoms with van der Waals surface area (Å²) in [5.41, 5.74) is -2.07. The zero-order valence-corrected chi connectivity index (χ0v) is 20.2. The molecule has 4 rings (SSSR count). The van der Waals surface area contributed by atoms with Crippen LogP contribution < -0.4 is 5.69 Å². The van der Waals surface area contributed by atoms with Gasteiger partial charge >= 0.3 is 17.8 Å². The minimum Gasteiger partial charge on any atom is -0.478 e. The van der Waals surface area contributed by atoms with Crippen LogP contribution in [0.15, 0.2) is 65.5 Å². The van der Waals surface area contributed by atoms with E-state index < -0.39 is 34.9 Å². The van der Waals surface area contributed by atoms with E-state index in [1.54, 1.807) is 18.2 Å². The van der Waals surface area contributed by atoms with E-state index in [0.29, 0.717) is 16.6 Å². The SMILES string of the molecule is C[C@H](c1ccc(-c2ccc(C(=O)O)cc2)cc1Cl)[C@@](O)(c1ccc2c(c1)n(C)c(=O)n2C)C(F)(F)F. The second-order valence-electron chi connectivity index (χ2n) is 8.71. The van der Waals surface area contributed by atoms with E-state index in [9.17, 15) is 27.9 Å². The second kappa shape index (κ2) is 8.83. The number of hydrogen-bond acceptors (Lipinski definition) is 3. The Hall–Kier alpha value is -3.56. The second-order valence-corrected chi connectivity index (χ2v) is 9.12. The largest absolute Gasteiger partial charge is 0.478 e. The van der Waals surface area contributed by atoms with Gasteiger partial charge in [0.25, 0.3) is 0 Å². The smallest absolute Gasteiger partial charge is 0.422 e.